The van der Waals surface area contributed by atoms with Crippen LogP contribution in [0.3, 0.4) is 0 Å². The second-order valence-corrected chi connectivity index (χ2v) is 7.85. The fourth-order valence-electron chi connectivity index (χ4n) is 3.92. The highest BCUT2D eigenvalue weighted by Gasteiger charge is 2.38. The van der Waals surface area contributed by atoms with Gasteiger partial charge in [-0.25, -0.2) is 9.97 Å². The van der Waals surface area contributed by atoms with Crippen molar-refractivity contribution in [3.05, 3.63) is 29.5 Å². The van der Waals surface area contributed by atoms with Crippen LogP contribution in [0.5, 0.6) is 0 Å². The molecular formula is C20H23N5O3. The topological polar surface area (TPSA) is 99.5 Å². The van der Waals surface area contributed by atoms with Gasteiger partial charge in [-0.3, -0.25) is 0 Å². The van der Waals surface area contributed by atoms with Gasteiger partial charge in [0.2, 0.25) is 0 Å². The number of rotatable bonds is 2. The van der Waals surface area contributed by atoms with E-state index in [2.05, 4.69) is 16.8 Å². The predicted molar refractivity (Wildman–Crippen MR) is 105 cm³/mol. The van der Waals surface area contributed by atoms with E-state index in [0.717, 1.165) is 29.2 Å². The van der Waals surface area contributed by atoms with Crippen molar-refractivity contribution in [2.24, 2.45) is 0 Å². The summed E-state index contributed by atoms with van der Waals surface area (Å²) in [5, 5.41) is 0. The Balaban J connectivity index is 1.68. The molecule has 0 bridgehead atoms. The summed E-state index contributed by atoms with van der Waals surface area (Å²) < 4.78 is 17.0. The zero-order valence-corrected chi connectivity index (χ0v) is 16.2. The van der Waals surface area contributed by atoms with Crippen molar-refractivity contribution in [2.45, 2.75) is 39.0 Å². The molecule has 2 aliphatic heterocycles. The van der Waals surface area contributed by atoms with Gasteiger partial charge in [0.1, 0.15) is 16.9 Å². The number of morpholine rings is 1. The quantitative estimate of drug-likeness (QED) is 0.723. The van der Waals surface area contributed by atoms with Gasteiger partial charge in [-0.15, -0.1) is 0 Å². The molecule has 0 spiro atoms. The van der Waals surface area contributed by atoms with Crippen LogP contribution in [0.4, 0.5) is 11.8 Å². The third kappa shape index (κ3) is 2.71. The number of fused-ring (bicyclic) bond motifs is 2. The molecule has 1 unspecified atom stereocenters. The molecule has 5 rings (SSSR count). The van der Waals surface area contributed by atoms with E-state index in [1.807, 2.05) is 32.0 Å². The van der Waals surface area contributed by atoms with Gasteiger partial charge >= 0.3 is 0 Å². The summed E-state index contributed by atoms with van der Waals surface area (Å²) in [4.78, 5) is 16.4. The third-order valence-corrected chi connectivity index (χ3v) is 5.43. The van der Waals surface area contributed by atoms with Gasteiger partial charge in [-0.1, -0.05) is 0 Å². The highest BCUT2D eigenvalue weighted by molar-refractivity contribution is 5.80. The van der Waals surface area contributed by atoms with E-state index < -0.39 is 5.60 Å². The van der Waals surface area contributed by atoms with Crippen LogP contribution in [0.2, 0.25) is 0 Å². The zero-order chi connectivity index (χ0) is 19.5. The lowest BCUT2D eigenvalue weighted by Crippen LogP contribution is -2.44. The molecule has 0 amide bonds. The number of oxazole rings is 1. The van der Waals surface area contributed by atoms with Crippen molar-refractivity contribution in [3.8, 4) is 11.4 Å². The summed E-state index contributed by atoms with van der Waals surface area (Å²) in [5.41, 5.74) is 9.43. The lowest BCUT2D eigenvalue weighted by Gasteiger charge is -2.35. The van der Waals surface area contributed by atoms with E-state index in [4.69, 9.17) is 29.6 Å². The Labute approximate surface area is 162 Å². The molecule has 2 aromatic heterocycles. The molecule has 1 atom stereocenters. The van der Waals surface area contributed by atoms with Gasteiger partial charge in [0.05, 0.1) is 31.6 Å². The maximum absolute atomic E-state index is 6.04. The molecule has 0 aliphatic carbocycles. The van der Waals surface area contributed by atoms with Crippen molar-refractivity contribution < 1.29 is 13.9 Å². The number of ether oxygens (including phenoxy) is 2. The number of nitrogens with zero attached hydrogens (tertiary/aromatic N) is 4. The highest BCUT2D eigenvalue weighted by Crippen LogP contribution is 2.40. The second-order valence-electron chi connectivity index (χ2n) is 7.85. The number of benzene rings is 1. The van der Waals surface area contributed by atoms with E-state index in [0.29, 0.717) is 36.7 Å². The van der Waals surface area contributed by atoms with Crippen molar-refractivity contribution in [2.75, 3.05) is 30.4 Å². The number of hydrogen-bond acceptors (Lipinski definition) is 8. The van der Waals surface area contributed by atoms with Gasteiger partial charge in [0.25, 0.3) is 6.01 Å². The Bertz CT molecular complexity index is 1060. The van der Waals surface area contributed by atoms with Crippen LogP contribution in [0.25, 0.3) is 22.5 Å². The number of anilines is 2. The fraction of sp³-hybridized carbons (Fsp3) is 0.450. The van der Waals surface area contributed by atoms with E-state index in [1.54, 1.807) is 0 Å². The standard InChI is InChI=1S/C20H23N5O3/c1-11-9-26-7-6-25(11)18-13-10-27-20(2,3)16(13)23-17(24-18)12-4-5-15-14(8-12)22-19(21)28-15/h4-5,8,11H,6-7,9-10H2,1-3H3,(H2,21,22). The average Bonchev–Trinajstić information content (AvgIpc) is 3.19. The normalized spacial score (nSPS) is 21.2. The minimum Gasteiger partial charge on any atom is -0.424 e. The molecule has 3 aromatic rings. The summed E-state index contributed by atoms with van der Waals surface area (Å²) in [6.07, 6.45) is 0. The molecule has 1 fully saturated rings. The van der Waals surface area contributed by atoms with Gasteiger partial charge in [0.15, 0.2) is 11.4 Å². The first-order valence-corrected chi connectivity index (χ1v) is 9.48. The summed E-state index contributed by atoms with van der Waals surface area (Å²) in [5.74, 6) is 1.58. The van der Waals surface area contributed by atoms with E-state index in [9.17, 15) is 0 Å². The number of aromatic nitrogens is 3. The van der Waals surface area contributed by atoms with Crippen LogP contribution in [0, 0.1) is 0 Å². The third-order valence-electron chi connectivity index (χ3n) is 5.43. The monoisotopic (exact) mass is 381 g/mol. The molecule has 28 heavy (non-hydrogen) atoms. The van der Waals surface area contributed by atoms with Crippen LogP contribution in [0.1, 0.15) is 32.0 Å². The number of nitrogens with two attached hydrogens (primary N) is 1. The van der Waals surface area contributed by atoms with Crippen molar-refractivity contribution in [1.29, 1.82) is 0 Å². The van der Waals surface area contributed by atoms with Crippen LogP contribution in [0.15, 0.2) is 22.6 Å². The lowest BCUT2D eigenvalue weighted by molar-refractivity contribution is -0.0100. The molecule has 0 saturated carbocycles. The fourth-order valence-corrected chi connectivity index (χ4v) is 3.92. The van der Waals surface area contributed by atoms with E-state index in [1.165, 1.54) is 0 Å². The molecule has 146 valence electrons. The van der Waals surface area contributed by atoms with Gasteiger partial charge in [-0.05, 0) is 39.0 Å². The Hall–Kier alpha value is -2.71. The molecule has 1 saturated heterocycles. The lowest BCUT2D eigenvalue weighted by atomic mass is 10.0. The van der Waals surface area contributed by atoms with Crippen LogP contribution >= 0.6 is 0 Å². The van der Waals surface area contributed by atoms with Crippen LogP contribution < -0.4 is 10.6 Å². The molecule has 0 radical (unpaired) electrons. The minimum atomic E-state index is -0.459. The predicted octanol–water partition coefficient (Wildman–Crippen LogP) is 2.86. The Kier molecular flexibility index (Phi) is 3.82. The smallest absolute Gasteiger partial charge is 0.292 e. The second kappa shape index (κ2) is 6.15. The Morgan fingerprint density at radius 2 is 2.07 bits per heavy atom. The van der Waals surface area contributed by atoms with E-state index in [-0.39, 0.29) is 12.1 Å². The maximum atomic E-state index is 6.04. The Morgan fingerprint density at radius 1 is 1.21 bits per heavy atom. The molecule has 4 heterocycles. The average molecular weight is 381 g/mol. The Morgan fingerprint density at radius 3 is 2.89 bits per heavy atom. The van der Waals surface area contributed by atoms with Gasteiger partial charge in [0, 0.05) is 17.7 Å². The number of nitrogen functional groups attached to an aromatic ring is 1. The maximum Gasteiger partial charge on any atom is 0.292 e. The van der Waals surface area contributed by atoms with Gasteiger partial charge in [-0.2, -0.15) is 4.98 Å². The first kappa shape index (κ1) is 17.4. The van der Waals surface area contributed by atoms with Gasteiger partial charge < -0.3 is 24.5 Å². The van der Waals surface area contributed by atoms with Crippen LogP contribution in [-0.2, 0) is 21.7 Å². The minimum absolute atomic E-state index is 0.152. The molecule has 8 nitrogen and oxygen atoms in total. The van der Waals surface area contributed by atoms with Crippen LogP contribution in [-0.4, -0.2) is 40.8 Å². The first-order valence-electron chi connectivity index (χ1n) is 9.48. The highest BCUT2D eigenvalue weighted by atomic mass is 16.5. The molecule has 1 aromatic carbocycles. The largest absolute Gasteiger partial charge is 0.424 e. The summed E-state index contributed by atoms with van der Waals surface area (Å²) in [6, 6.07) is 6.08. The summed E-state index contributed by atoms with van der Waals surface area (Å²) >= 11 is 0. The van der Waals surface area contributed by atoms with Crippen molar-refractivity contribution >= 4 is 22.9 Å². The van der Waals surface area contributed by atoms with Crippen molar-refractivity contribution in [3.63, 3.8) is 0 Å². The van der Waals surface area contributed by atoms with Crippen molar-refractivity contribution in [1.82, 2.24) is 15.0 Å². The SMILES string of the molecule is CC1COCCN1c1nc(-c2ccc3oc(N)nc3c2)nc2c1COC2(C)C. The summed E-state index contributed by atoms with van der Waals surface area (Å²) in [7, 11) is 0. The molecule has 8 heteroatoms. The number of hydrogen-bond donors (Lipinski definition) is 1. The molecule has 2 aliphatic rings. The first-order chi connectivity index (χ1) is 13.4. The zero-order valence-electron chi connectivity index (χ0n) is 16.2. The summed E-state index contributed by atoms with van der Waals surface area (Å²) in [6.45, 7) is 8.92. The van der Waals surface area contributed by atoms with E-state index >= 15 is 0 Å². The molecule has 2 N–H and O–H groups in total. The molecular weight excluding hydrogens is 358 g/mol.